The number of nitrogens with zero attached hydrogens (tertiary/aromatic N) is 3. The number of nitrogen functional groups attached to an aromatic ring is 1. The number of rotatable bonds is 4. The fourth-order valence-electron chi connectivity index (χ4n) is 2.91. The highest BCUT2D eigenvalue weighted by Gasteiger charge is 2.39. The van der Waals surface area contributed by atoms with E-state index in [-0.39, 0.29) is 25.0 Å². The van der Waals surface area contributed by atoms with Crippen molar-refractivity contribution in [2.45, 2.75) is 25.6 Å². The second kappa shape index (κ2) is 7.49. The van der Waals surface area contributed by atoms with Crippen LogP contribution in [-0.4, -0.2) is 46.4 Å². The van der Waals surface area contributed by atoms with Crippen LogP contribution in [0.2, 0.25) is 0 Å². The summed E-state index contributed by atoms with van der Waals surface area (Å²) in [7, 11) is 1.68. The van der Waals surface area contributed by atoms with Gasteiger partial charge in [-0.2, -0.15) is 0 Å². The molecular formula is C18H21N5O3. The quantitative estimate of drug-likeness (QED) is 0.830. The largest absolute Gasteiger partial charge is 0.383 e. The van der Waals surface area contributed by atoms with Gasteiger partial charge in [0.1, 0.15) is 18.2 Å². The lowest BCUT2D eigenvalue weighted by Crippen LogP contribution is -2.52. The normalized spacial score (nSPS) is 20.1. The summed E-state index contributed by atoms with van der Waals surface area (Å²) in [5.74, 6) is 0.406. The number of likely N-dealkylation sites (N-methyl/N-ethyl adjacent to an activating group) is 1. The first-order chi connectivity index (χ1) is 12.5. The number of nitrogens with one attached hydrogen (secondary N) is 1. The van der Waals surface area contributed by atoms with Gasteiger partial charge in [0.25, 0.3) is 5.91 Å². The highest BCUT2D eigenvalue weighted by molar-refractivity contribution is 5.86. The maximum atomic E-state index is 12.7. The number of aromatic nitrogens is 2. The van der Waals surface area contributed by atoms with Crippen molar-refractivity contribution < 1.29 is 14.3 Å². The Labute approximate surface area is 151 Å². The third-order valence-corrected chi connectivity index (χ3v) is 4.35. The van der Waals surface area contributed by atoms with Gasteiger partial charge >= 0.3 is 0 Å². The minimum Gasteiger partial charge on any atom is -0.383 e. The van der Waals surface area contributed by atoms with Gasteiger partial charge in [-0.05, 0) is 12.5 Å². The number of nitrogens with two attached hydrogens (primary N) is 1. The van der Waals surface area contributed by atoms with Crippen molar-refractivity contribution in [1.29, 1.82) is 0 Å². The lowest BCUT2D eigenvalue weighted by atomic mass is 9.97. The van der Waals surface area contributed by atoms with Crippen LogP contribution >= 0.6 is 0 Å². The molecule has 1 saturated heterocycles. The molecule has 1 aromatic carbocycles. The third kappa shape index (κ3) is 3.65. The molecule has 8 heteroatoms. The van der Waals surface area contributed by atoms with Gasteiger partial charge in [-0.3, -0.25) is 9.59 Å². The predicted octanol–water partition coefficient (Wildman–Crippen LogP) is 0.582. The molecule has 1 aliphatic rings. The summed E-state index contributed by atoms with van der Waals surface area (Å²) in [6.07, 6.45) is 0.775. The summed E-state index contributed by atoms with van der Waals surface area (Å²) in [5.41, 5.74) is 7.32. The van der Waals surface area contributed by atoms with E-state index in [9.17, 15) is 9.59 Å². The van der Waals surface area contributed by atoms with E-state index < -0.39 is 12.1 Å². The number of anilines is 1. The first-order valence-corrected chi connectivity index (χ1v) is 8.25. The topological polar surface area (TPSA) is 110 Å². The van der Waals surface area contributed by atoms with Gasteiger partial charge in [0.2, 0.25) is 5.91 Å². The summed E-state index contributed by atoms with van der Waals surface area (Å²) in [4.78, 5) is 34.5. The second-order valence-electron chi connectivity index (χ2n) is 6.14. The van der Waals surface area contributed by atoms with Crippen LogP contribution in [0.25, 0.3) is 0 Å². The van der Waals surface area contributed by atoms with Crippen molar-refractivity contribution in [3.63, 3.8) is 0 Å². The van der Waals surface area contributed by atoms with Crippen molar-refractivity contribution >= 4 is 17.6 Å². The number of aryl methyl sites for hydroxylation is 1. The molecule has 8 nitrogen and oxygen atoms in total. The maximum absolute atomic E-state index is 12.7. The molecule has 2 atom stereocenters. The number of carbonyl (C=O) groups excluding carboxylic acids is 2. The molecule has 1 fully saturated rings. The molecule has 1 aromatic heterocycles. The fraction of sp³-hybridized carbons (Fsp3) is 0.333. The molecule has 0 radical (unpaired) electrons. The van der Waals surface area contributed by atoms with Crippen LogP contribution in [0, 0.1) is 6.92 Å². The van der Waals surface area contributed by atoms with E-state index in [4.69, 9.17) is 10.5 Å². The molecule has 2 amide bonds. The number of morpholine rings is 1. The summed E-state index contributed by atoms with van der Waals surface area (Å²) in [6, 6.07) is 8.85. The smallest absolute Gasteiger partial charge is 0.251 e. The van der Waals surface area contributed by atoms with Crippen molar-refractivity contribution in [2.24, 2.45) is 0 Å². The van der Waals surface area contributed by atoms with Gasteiger partial charge in [-0.15, -0.1) is 0 Å². The predicted molar refractivity (Wildman–Crippen MR) is 94.7 cm³/mol. The fourth-order valence-corrected chi connectivity index (χ4v) is 2.91. The Hall–Kier alpha value is -3.00. The van der Waals surface area contributed by atoms with Crippen LogP contribution in [0.4, 0.5) is 5.82 Å². The Morgan fingerprint density at radius 1 is 1.38 bits per heavy atom. The minimum atomic E-state index is -0.812. The minimum absolute atomic E-state index is 0.131. The SMILES string of the molecule is Cc1ncc(CNC(=O)C2OCC(=O)N(C)C2c2ccccc2)c(N)n1. The number of carbonyl (C=O) groups is 2. The van der Waals surface area contributed by atoms with Crippen LogP contribution < -0.4 is 11.1 Å². The second-order valence-corrected chi connectivity index (χ2v) is 6.14. The van der Waals surface area contributed by atoms with Crippen molar-refractivity contribution in [2.75, 3.05) is 19.4 Å². The zero-order chi connectivity index (χ0) is 18.7. The molecule has 2 heterocycles. The Bertz CT molecular complexity index is 812. The first kappa shape index (κ1) is 17.8. The molecule has 0 aliphatic carbocycles. The van der Waals surface area contributed by atoms with Gasteiger partial charge < -0.3 is 20.7 Å². The zero-order valence-electron chi connectivity index (χ0n) is 14.7. The van der Waals surface area contributed by atoms with Crippen LogP contribution in [0.1, 0.15) is 23.0 Å². The number of hydrogen-bond donors (Lipinski definition) is 2. The highest BCUT2D eigenvalue weighted by atomic mass is 16.5. The van der Waals surface area contributed by atoms with E-state index in [1.807, 2.05) is 30.3 Å². The van der Waals surface area contributed by atoms with Crippen molar-refractivity contribution in [1.82, 2.24) is 20.2 Å². The molecule has 136 valence electrons. The van der Waals surface area contributed by atoms with E-state index in [2.05, 4.69) is 15.3 Å². The van der Waals surface area contributed by atoms with E-state index in [1.54, 1.807) is 25.1 Å². The first-order valence-electron chi connectivity index (χ1n) is 8.25. The Morgan fingerprint density at radius 2 is 2.12 bits per heavy atom. The van der Waals surface area contributed by atoms with Crippen LogP contribution in [0.5, 0.6) is 0 Å². The number of hydrogen-bond acceptors (Lipinski definition) is 6. The van der Waals surface area contributed by atoms with Gasteiger partial charge in [0.05, 0.1) is 6.04 Å². The van der Waals surface area contributed by atoms with Crippen LogP contribution in [-0.2, 0) is 20.9 Å². The Morgan fingerprint density at radius 3 is 2.81 bits per heavy atom. The van der Waals surface area contributed by atoms with Crippen molar-refractivity contribution in [3.8, 4) is 0 Å². The Kier molecular flexibility index (Phi) is 5.13. The molecule has 2 aromatic rings. The molecule has 0 saturated carbocycles. The lowest BCUT2D eigenvalue weighted by Gasteiger charge is -2.38. The monoisotopic (exact) mass is 355 g/mol. The maximum Gasteiger partial charge on any atom is 0.251 e. The van der Waals surface area contributed by atoms with E-state index in [0.29, 0.717) is 17.2 Å². The average Bonchev–Trinajstić information content (AvgIpc) is 2.63. The molecule has 0 bridgehead atoms. The number of benzene rings is 1. The number of amides is 2. The molecule has 3 rings (SSSR count). The van der Waals surface area contributed by atoms with Gasteiger partial charge in [0.15, 0.2) is 6.10 Å². The van der Waals surface area contributed by atoms with E-state index in [1.165, 1.54) is 0 Å². The summed E-state index contributed by atoms with van der Waals surface area (Å²) in [6.45, 7) is 1.80. The Balaban J connectivity index is 1.76. The molecule has 26 heavy (non-hydrogen) atoms. The van der Waals surface area contributed by atoms with Gasteiger partial charge in [0, 0.05) is 25.4 Å². The average molecular weight is 355 g/mol. The van der Waals surface area contributed by atoms with E-state index in [0.717, 1.165) is 5.56 Å². The molecule has 1 aliphatic heterocycles. The molecule has 2 unspecified atom stereocenters. The summed E-state index contributed by atoms with van der Waals surface area (Å²) in [5, 5.41) is 2.80. The lowest BCUT2D eigenvalue weighted by molar-refractivity contribution is -0.162. The molecular weight excluding hydrogens is 334 g/mol. The van der Waals surface area contributed by atoms with Crippen LogP contribution in [0.15, 0.2) is 36.5 Å². The highest BCUT2D eigenvalue weighted by Crippen LogP contribution is 2.29. The third-order valence-electron chi connectivity index (χ3n) is 4.35. The van der Waals surface area contributed by atoms with Gasteiger partial charge in [-0.25, -0.2) is 9.97 Å². The van der Waals surface area contributed by atoms with Crippen LogP contribution in [0.3, 0.4) is 0 Å². The van der Waals surface area contributed by atoms with E-state index >= 15 is 0 Å². The summed E-state index contributed by atoms with van der Waals surface area (Å²) < 4.78 is 5.56. The van der Waals surface area contributed by atoms with Crippen molar-refractivity contribution in [3.05, 3.63) is 53.5 Å². The zero-order valence-corrected chi connectivity index (χ0v) is 14.7. The molecule has 0 spiro atoms. The summed E-state index contributed by atoms with van der Waals surface area (Å²) >= 11 is 0. The standard InChI is InChI=1S/C18H21N5O3/c1-11-20-8-13(17(19)22-11)9-21-18(25)16-15(12-6-4-3-5-7-12)23(2)14(24)10-26-16/h3-8,15-16H,9-10H2,1-2H3,(H,21,25)(H2,19,20,22). The number of ether oxygens (including phenoxy) is 1. The van der Waals surface area contributed by atoms with Gasteiger partial charge in [-0.1, -0.05) is 30.3 Å². The molecule has 3 N–H and O–H groups in total.